The van der Waals surface area contributed by atoms with Crippen molar-refractivity contribution in [2.45, 2.75) is 20.3 Å². The van der Waals surface area contributed by atoms with Crippen molar-refractivity contribution in [3.63, 3.8) is 0 Å². The van der Waals surface area contributed by atoms with Crippen molar-refractivity contribution in [2.75, 3.05) is 6.61 Å². The van der Waals surface area contributed by atoms with Gasteiger partial charge in [0.25, 0.3) is 0 Å². The van der Waals surface area contributed by atoms with Crippen LogP contribution in [-0.4, -0.2) is 35.7 Å². The molecule has 4 heteroatoms. The van der Waals surface area contributed by atoms with E-state index in [0.29, 0.717) is 6.61 Å². The first kappa shape index (κ1) is 12.4. The molecule has 55 valence electrons. The first-order valence-corrected chi connectivity index (χ1v) is 2.82. The molecule has 10 heavy (non-hydrogen) atoms. The van der Waals surface area contributed by atoms with Crippen LogP contribution in [0.3, 0.4) is 0 Å². The normalized spacial score (nSPS) is 7.80. The Labute approximate surface area is 70.9 Å². The van der Waals surface area contributed by atoms with E-state index in [4.69, 9.17) is 0 Å². The molecule has 0 atom stereocenters. The lowest BCUT2D eigenvalue weighted by atomic mass is 10.3. The molecular weight excluding hydrogens is 147 g/mol. The predicted molar refractivity (Wildman–Crippen MR) is 37.7 cm³/mol. The fraction of sp³-hybridized carbons (Fsp3) is 0.667. The first-order valence-electron chi connectivity index (χ1n) is 2.82. The molecule has 0 N–H and O–H groups in total. The van der Waals surface area contributed by atoms with Gasteiger partial charge >= 0.3 is 5.97 Å². The molecular formula is C6H10AlO3. The zero-order chi connectivity index (χ0) is 7.28. The standard InChI is InChI=1S/C6H10O3.Al/c1-3-9-6(8)4-5(2)7;/h3-4H2,1-2H3;. The lowest BCUT2D eigenvalue weighted by molar-refractivity contribution is -0.145. The van der Waals surface area contributed by atoms with Gasteiger partial charge in [-0.2, -0.15) is 0 Å². The zero-order valence-electron chi connectivity index (χ0n) is 6.22. The molecule has 0 saturated heterocycles. The Morgan fingerprint density at radius 3 is 2.20 bits per heavy atom. The summed E-state index contributed by atoms with van der Waals surface area (Å²) in [5.41, 5.74) is 0. The molecule has 0 aliphatic heterocycles. The number of ketones is 1. The third kappa shape index (κ3) is 7.67. The van der Waals surface area contributed by atoms with Crippen LogP contribution >= 0.6 is 0 Å². The molecule has 0 spiro atoms. The number of carbonyl (C=O) groups excluding carboxylic acids is 2. The van der Waals surface area contributed by atoms with Gasteiger partial charge in [-0.1, -0.05) is 0 Å². The Kier molecular flexibility index (Phi) is 8.39. The number of hydrogen-bond acceptors (Lipinski definition) is 3. The molecule has 0 heterocycles. The minimum absolute atomic E-state index is 0. The minimum Gasteiger partial charge on any atom is -0.466 e. The van der Waals surface area contributed by atoms with Crippen LogP contribution in [0.25, 0.3) is 0 Å². The number of rotatable bonds is 3. The van der Waals surface area contributed by atoms with Crippen molar-refractivity contribution in [1.29, 1.82) is 0 Å². The third-order valence-corrected chi connectivity index (χ3v) is 0.699. The van der Waals surface area contributed by atoms with Crippen LogP contribution in [0.15, 0.2) is 0 Å². The highest BCUT2D eigenvalue weighted by Gasteiger charge is 2.03. The van der Waals surface area contributed by atoms with Gasteiger partial charge < -0.3 is 4.74 Å². The van der Waals surface area contributed by atoms with E-state index in [1.807, 2.05) is 0 Å². The molecule has 0 aromatic heterocycles. The second-order valence-corrected chi connectivity index (χ2v) is 1.68. The molecule has 0 fully saturated rings. The molecule has 0 saturated carbocycles. The molecule has 0 bridgehead atoms. The van der Waals surface area contributed by atoms with E-state index in [2.05, 4.69) is 4.74 Å². The summed E-state index contributed by atoms with van der Waals surface area (Å²) in [6.07, 6.45) is -0.103. The van der Waals surface area contributed by atoms with Gasteiger partial charge in [0.15, 0.2) is 0 Å². The van der Waals surface area contributed by atoms with Crippen molar-refractivity contribution < 1.29 is 14.3 Å². The maximum Gasteiger partial charge on any atom is 0.313 e. The second kappa shape index (κ2) is 6.79. The average Bonchev–Trinajstić information content (AvgIpc) is 1.63. The summed E-state index contributed by atoms with van der Waals surface area (Å²) < 4.78 is 4.49. The minimum atomic E-state index is -0.440. The molecule has 3 nitrogen and oxygen atoms in total. The summed E-state index contributed by atoms with van der Waals surface area (Å²) in [4.78, 5) is 20.6. The lowest BCUT2D eigenvalue weighted by Crippen LogP contribution is -2.07. The van der Waals surface area contributed by atoms with E-state index in [-0.39, 0.29) is 29.6 Å². The van der Waals surface area contributed by atoms with E-state index in [0.717, 1.165) is 0 Å². The second-order valence-electron chi connectivity index (χ2n) is 1.68. The van der Waals surface area contributed by atoms with Crippen molar-refractivity contribution in [2.24, 2.45) is 0 Å². The Balaban J connectivity index is 0. The average molecular weight is 157 g/mol. The smallest absolute Gasteiger partial charge is 0.313 e. The maximum atomic E-state index is 10.4. The van der Waals surface area contributed by atoms with Gasteiger partial charge in [0.05, 0.1) is 6.61 Å². The van der Waals surface area contributed by atoms with Crippen LogP contribution in [0.2, 0.25) is 0 Å². The third-order valence-electron chi connectivity index (χ3n) is 0.699. The van der Waals surface area contributed by atoms with E-state index < -0.39 is 5.97 Å². The number of hydrogen-bond donors (Lipinski definition) is 0. The van der Waals surface area contributed by atoms with E-state index in [9.17, 15) is 9.59 Å². The quantitative estimate of drug-likeness (QED) is 0.332. The molecule has 0 rings (SSSR count). The predicted octanol–water partition coefficient (Wildman–Crippen LogP) is 0.148. The van der Waals surface area contributed by atoms with E-state index in [1.165, 1.54) is 6.92 Å². The van der Waals surface area contributed by atoms with Crippen molar-refractivity contribution in [3.8, 4) is 0 Å². The number of esters is 1. The Bertz CT molecular complexity index is 122. The molecule has 0 aliphatic rings. The zero-order valence-corrected chi connectivity index (χ0v) is 7.37. The van der Waals surface area contributed by atoms with E-state index >= 15 is 0 Å². The summed E-state index contributed by atoms with van der Waals surface area (Å²) in [7, 11) is 0. The molecule has 0 aromatic carbocycles. The largest absolute Gasteiger partial charge is 0.466 e. The van der Waals surface area contributed by atoms with Gasteiger partial charge in [-0.25, -0.2) is 0 Å². The van der Waals surface area contributed by atoms with Crippen molar-refractivity contribution in [1.82, 2.24) is 0 Å². The van der Waals surface area contributed by atoms with Gasteiger partial charge in [0, 0.05) is 17.4 Å². The van der Waals surface area contributed by atoms with Gasteiger partial charge in [0.2, 0.25) is 0 Å². The Hall–Kier alpha value is -0.328. The fourth-order valence-corrected chi connectivity index (χ4v) is 0.415. The lowest BCUT2D eigenvalue weighted by Gasteiger charge is -1.96. The fourth-order valence-electron chi connectivity index (χ4n) is 0.415. The number of ether oxygens (including phenoxy) is 1. The number of carbonyl (C=O) groups is 2. The summed E-state index contributed by atoms with van der Waals surface area (Å²) in [5.74, 6) is -0.599. The van der Waals surface area contributed by atoms with Crippen LogP contribution in [0.1, 0.15) is 20.3 Å². The van der Waals surface area contributed by atoms with Gasteiger partial charge in [-0.3, -0.25) is 9.59 Å². The number of Topliss-reactive ketones (excluding diaryl/α,β-unsaturated/α-hetero) is 1. The monoisotopic (exact) mass is 157 g/mol. The summed E-state index contributed by atoms with van der Waals surface area (Å²) in [6.45, 7) is 3.40. The topological polar surface area (TPSA) is 43.4 Å². The van der Waals surface area contributed by atoms with Crippen molar-refractivity contribution in [3.05, 3.63) is 0 Å². The highest BCUT2D eigenvalue weighted by Crippen LogP contribution is 1.86. The molecule has 0 aliphatic carbocycles. The van der Waals surface area contributed by atoms with Gasteiger partial charge in [-0.15, -0.1) is 0 Å². The molecule has 0 unspecified atom stereocenters. The SMILES string of the molecule is CCOC(=O)CC(C)=O.[Al]. The van der Waals surface area contributed by atoms with Crippen LogP contribution in [0, 0.1) is 0 Å². The van der Waals surface area contributed by atoms with Gasteiger partial charge in [-0.05, 0) is 13.8 Å². The molecule has 0 amide bonds. The molecule has 3 radical (unpaired) electrons. The van der Waals surface area contributed by atoms with Crippen LogP contribution < -0.4 is 0 Å². The van der Waals surface area contributed by atoms with Crippen LogP contribution in [-0.2, 0) is 14.3 Å². The van der Waals surface area contributed by atoms with Crippen LogP contribution in [0.5, 0.6) is 0 Å². The Morgan fingerprint density at radius 2 is 1.90 bits per heavy atom. The summed E-state index contributed by atoms with van der Waals surface area (Å²) >= 11 is 0. The van der Waals surface area contributed by atoms with Crippen LogP contribution in [0.4, 0.5) is 0 Å². The highest BCUT2D eigenvalue weighted by atomic mass is 27.0. The first-order chi connectivity index (χ1) is 4.16. The summed E-state index contributed by atoms with van der Waals surface area (Å²) in [5, 5.41) is 0. The van der Waals surface area contributed by atoms with E-state index in [1.54, 1.807) is 6.92 Å². The summed E-state index contributed by atoms with van der Waals surface area (Å²) in [6, 6.07) is 0. The maximum absolute atomic E-state index is 10.4. The highest BCUT2D eigenvalue weighted by molar-refractivity contribution is 5.94. The van der Waals surface area contributed by atoms with Gasteiger partial charge in [0.1, 0.15) is 12.2 Å². The molecule has 0 aromatic rings. The van der Waals surface area contributed by atoms with Crippen molar-refractivity contribution >= 4 is 29.1 Å². The Morgan fingerprint density at radius 1 is 1.40 bits per heavy atom.